The van der Waals surface area contributed by atoms with Crippen molar-refractivity contribution in [1.82, 2.24) is 4.98 Å². The molecular formula is C24H25N3. The Morgan fingerprint density at radius 1 is 0.889 bits per heavy atom. The van der Waals surface area contributed by atoms with Crippen LogP contribution in [0.15, 0.2) is 48.5 Å². The molecule has 3 nitrogen and oxygen atoms in total. The van der Waals surface area contributed by atoms with E-state index in [2.05, 4.69) is 75.1 Å². The molecule has 0 amide bonds. The molecule has 2 aromatic carbocycles. The Morgan fingerprint density at radius 3 is 1.96 bits per heavy atom. The van der Waals surface area contributed by atoms with E-state index in [4.69, 9.17) is 5.73 Å². The number of nitriles is 1. The van der Waals surface area contributed by atoms with Gasteiger partial charge < -0.3 is 5.73 Å². The standard InChI is InChI=1S/C24H25N3/c1-15-6-8-18(9-7-15)22-16(2)21(20(14-25)23(26)27-22)17-10-12-19(13-11-17)24(3,4)5/h6-13H,1-5H3,(H2,26,27). The average molecular weight is 355 g/mol. The summed E-state index contributed by atoms with van der Waals surface area (Å²) in [6.07, 6.45) is 0. The minimum absolute atomic E-state index is 0.0793. The first kappa shape index (κ1) is 18.7. The van der Waals surface area contributed by atoms with E-state index in [1.54, 1.807) is 0 Å². The van der Waals surface area contributed by atoms with Crippen LogP contribution in [0.4, 0.5) is 5.82 Å². The van der Waals surface area contributed by atoms with E-state index < -0.39 is 0 Å². The third-order valence-corrected chi connectivity index (χ3v) is 4.95. The van der Waals surface area contributed by atoms with Crippen molar-refractivity contribution in [3.05, 3.63) is 70.8 Å². The van der Waals surface area contributed by atoms with Gasteiger partial charge in [-0.25, -0.2) is 4.98 Å². The van der Waals surface area contributed by atoms with Crippen LogP contribution in [-0.4, -0.2) is 4.98 Å². The van der Waals surface area contributed by atoms with Crippen LogP contribution in [0.3, 0.4) is 0 Å². The highest BCUT2D eigenvalue weighted by atomic mass is 14.9. The largest absolute Gasteiger partial charge is 0.383 e. The number of benzene rings is 2. The number of hydrogen-bond acceptors (Lipinski definition) is 3. The second-order valence-corrected chi connectivity index (χ2v) is 8.03. The number of aryl methyl sites for hydroxylation is 1. The minimum atomic E-state index is 0.0793. The topological polar surface area (TPSA) is 62.7 Å². The maximum Gasteiger partial charge on any atom is 0.142 e. The second kappa shape index (κ2) is 6.89. The third-order valence-electron chi connectivity index (χ3n) is 4.95. The van der Waals surface area contributed by atoms with Crippen molar-refractivity contribution >= 4 is 5.82 Å². The Kier molecular flexibility index (Phi) is 4.76. The highest BCUT2D eigenvalue weighted by Crippen LogP contribution is 2.36. The van der Waals surface area contributed by atoms with Crippen molar-refractivity contribution in [2.45, 2.75) is 40.0 Å². The lowest BCUT2D eigenvalue weighted by Crippen LogP contribution is -2.10. The smallest absolute Gasteiger partial charge is 0.142 e. The molecule has 0 atom stereocenters. The molecule has 3 rings (SSSR count). The average Bonchev–Trinajstić information content (AvgIpc) is 2.63. The third kappa shape index (κ3) is 3.57. The normalized spacial score (nSPS) is 11.3. The zero-order valence-electron chi connectivity index (χ0n) is 16.6. The van der Waals surface area contributed by atoms with Gasteiger partial charge in [0, 0.05) is 11.1 Å². The molecule has 1 aromatic heterocycles. The summed E-state index contributed by atoms with van der Waals surface area (Å²) in [6.45, 7) is 10.6. The summed E-state index contributed by atoms with van der Waals surface area (Å²) < 4.78 is 0. The fourth-order valence-corrected chi connectivity index (χ4v) is 3.30. The SMILES string of the molecule is Cc1ccc(-c2nc(N)c(C#N)c(-c3ccc(C(C)(C)C)cc3)c2C)cc1. The van der Waals surface area contributed by atoms with E-state index in [1.165, 1.54) is 11.1 Å². The Bertz CT molecular complexity index is 1020. The number of nitrogens with two attached hydrogens (primary N) is 1. The van der Waals surface area contributed by atoms with Crippen LogP contribution < -0.4 is 5.73 Å². The number of anilines is 1. The molecule has 0 saturated heterocycles. The molecule has 2 N–H and O–H groups in total. The summed E-state index contributed by atoms with van der Waals surface area (Å²) in [5.74, 6) is 0.272. The predicted octanol–water partition coefficient (Wildman–Crippen LogP) is 5.78. The summed E-state index contributed by atoms with van der Waals surface area (Å²) >= 11 is 0. The summed E-state index contributed by atoms with van der Waals surface area (Å²) in [6, 6.07) is 18.8. The predicted molar refractivity (Wildman–Crippen MR) is 112 cm³/mol. The van der Waals surface area contributed by atoms with Crippen LogP contribution >= 0.6 is 0 Å². The molecule has 1 heterocycles. The molecule has 0 aliphatic heterocycles. The maximum absolute atomic E-state index is 9.70. The Labute approximate surface area is 161 Å². The van der Waals surface area contributed by atoms with Crippen LogP contribution in [-0.2, 0) is 5.41 Å². The molecule has 136 valence electrons. The number of rotatable bonds is 2. The molecule has 0 aliphatic rings. The van der Waals surface area contributed by atoms with Crippen molar-refractivity contribution in [1.29, 1.82) is 5.26 Å². The zero-order chi connectivity index (χ0) is 19.8. The molecule has 0 bridgehead atoms. The second-order valence-electron chi connectivity index (χ2n) is 8.03. The molecule has 3 heteroatoms. The van der Waals surface area contributed by atoms with Gasteiger partial charge in [-0.2, -0.15) is 5.26 Å². The molecular weight excluding hydrogens is 330 g/mol. The van der Waals surface area contributed by atoms with Gasteiger partial charge in [0.15, 0.2) is 0 Å². The lowest BCUT2D eigenvalue weighted by Gasteiger charge is -2.20. The van der Waals surface area contributed by atoms with E-state index in [9.17, 15) is 5.26 Å². The Hall–Kier alpha value is -3.12. The van der Waals surface area contributed by atoms with E-state index in [-0.39, 0.29) is 11.2 Å². The number of aromatic nitrogens is 1. The molecule has 0 aliphatic carbocycles. The van der Waals surface area contributed by atoms with Gasteiger partial charge in [-0.15, -0.1) is 0 Å². The van der Waals surface area contributed by atoms with Crippen LogP contribution in [0, 0.1) is 25.2 Å². The van der Waals surface area contributed by atoms with E-state index >= 15 is 0 Å². The van der Waals surface area contributed by atoms with Crippen LogP contribution in [0.1, 0.15) is 43.0 Å². The first-order chi connectivity index (χ1) is 12.7. The number of hydrogen-bond donors (Lipinski definition) is 1. The molecule has 0 unspecified atom stereocenters. The van der Waals surface area contributed by atoms with Crippen molar-refractivity contribution in [2.24, 2.45) is 0 Å². The summed E-state index contributed by atoms with van der Waals surface area (Å²) in [5.41, 5.74) is 13.8. The van der Waals surface area contributed by atoms with E-state index in [1.807, 2.05) is 19.1 Å². The zero-order valence-corrected chi connectivity index (χ0v) is 16.6. The lowest BCUT2D eigenvalue weighted by molar-refractivity contribution is 0.590. The highest BCUT2D eigenvalue weighted by Gasteiger charge is 2.19. The van der Waals surface area contributed by atoms with Gasteiger partial charge >= 0.3 is 0 Å². The summed E-state index contributed by atoms with van der Waals surface area (Å²) in [7, 11) is 0. The van der Waals surface area contributed by atoms with Crippen LogP contribution in [0.5, 0.6) is 0 Å². The number of pyridine rings is 1. The lowest BCUT2D eigenvalue weighted by atomic mass is 9.85. The maximum atomic E-state index is 9.70. The van der Waals surface area contributed by atoms with E-state index in [0.29, 0.717) is 5.56 Å². The molecule has 3 aromatic rings. The van der Waals surface area contributed by atoms with Gasteiger partial charge in [-0.1, -0.05) is 74.9 Å². The fraction of sp³-hybridized carbons (Fsp3) is 0.250. The highest BCUT2D eigenvalue weighted by molar-refractivity contribution is 5.84. The van der Waals surface area contributed by atoms with E-state index in [0.717, 1.165) is 27.9 Å². The number of nitrogens with zero attached hydrogens (tertiary/aromatic N) is 2. The summed E-state index contributed by atoms with van der Waals surface area (Å²) in [5, 5.41) is 9.70. The number of nitrogen functional groups attached to an aromatic ring is 1. The van der Waals surface area contributed by atoms with Gasteiger partial charge in [-0.05, 0) is 36.0 Å². The molecule has 0 fully saturated rings. The fourth-order valence-electron chi connectivity index (χ4n) is 3.30. The van der Waals surface area contributed by atoms with Crippen LogP contribution in [0.2, 0.25) is 0 Å². The molecule has 0 saturated carbocycles. The van der Waals surface area contributed by atoms with Gasteiger partial charge in [0.05, 0.1) is 5.69 Å². The molecule has 0 spiro atoms. The van der Waals surface area contributed by atoms with Gasteiger partial charge in [0.1, 0.15) is 17.5 Å². The quantitative estimate of drug-likeness (QED) is 0.633. The van der Waals surface area contributed by atoms with Crippen molar-refractivity contribution < 1.29 is 0 Å². The minimum Gasteiger partial charge on any atom is -0.383 e. The first-order valence-electron chi connectivity index (χ1n) is 9.10. The molecule has 0 radical (unpaired) electrons. The van der Waals surface area contributed by atoms with Crippen molar-refractivity contribution in [3.63, 3.8) is 0 Å². The first-order valence-corrected chi connectivity index (χ1v) is 9.10. The van der Waals surface area contributed by atoms with Crippen LogP contribution in [0.25, 0.3) is 22.4 Å². The summed E-state index contributed by atoms with van der Waals surface area (Å²) in [4.78, 5) is 4.54. The van der Waals surface area contributed by atoms with Gasteiger partial charge in [-0.3, -0.25) is 0 Å². The Balaban J connectivity index is 2.22. The van der Waals surface area contributed by atoms with Gasteiger partial charge in [0.2, 0.25) is 0 Å². The molecule has 27 heavy (non-hydrogen) atoms. The van der Waals surface area contributed by atoms with Gasteiger partial charge in [0.25, 0.3) is 0 Å². The monoisotopic (exact) mass is 355 g/mol. The van der Waals surface area contributed by atoms with Crippen molar-refractivity contribution in [2.75, 3.05) is 5.73 Å². The Morgan fingerprint density at radius 2 is 1.44 bits per heavy atom. The van der Waals surface area contributed by atoms with Crippen molar-refractivity contribution in [3.8, 4) is 28.5 Å².